The molecule has 0 spiro atoms. The minimum Gasteiger partial charge on any atom is -0.502 e. The lowest BCUT2D eigenvalue weighted by atomic mass is 9.99. The quantitative estimate of drug-likeness (QED) is 0.899. The van der Waals surface area contributed by atoms with Crippen molar-refractivity contribution < 1.29 is 14.6 Å². The summed E-state index contributed by atoms with van der Waals surface area (Å²) >= 11 is 0. The maximum absolute atomic E-state index is 9.95. The first-order valence-corrected chi connectivity index (χ1v) is 7.37. The van der Waals surface area contributed by atoms with Crippen LogP contribution < -0.4 is 9.47 Å². The molecule has 1 aliphatic rings. The van der Waals surface area contributed by atoms with E-state index in [1.165, 1.54) is 25.7 Å². The Morgan fingerprint density at radius 1 is 1.20 bits per heavy atom. The number of benzene rings is 1. The van der Waals surface area contributed by atoms with E-state index in [2.05, 4.69) is 11.8 Å². The highest BCUT2D eigenvalue weighted by atomic mass is 16.5. The standard InChI is InChI=1S/C16H25NO3/c1-4-13-7-5-6-8-17(13)11-12-9-14(19-2)16(18)15(10-12)20-3/h9-10,13,18H,4-8,11H2,1-3H3. The van der Waals surface area contributed by atoms with Crippen LogP contribution in [0.2, 0.25) is 0 Å². The molecule has 20 heavy (non-hydrogen) atoms. The number of phenols is 1. The van der Waals surface area contributed by atoms with Crippen LogP contribution in [0, 0.1) is 0 Å². The second kappa shape index (κ2) is 6.84. The summed E-state index contributed by atoms with van der Waals surface area (Å²) in [5.41, 5.74) is 1.12. The number of nitrogens with zero attached hydrogens (tertiary/aromatic N) is 1. The van der Waals surface area contributed by atoms with Gasteiger partial charge in [-0.3, -0.25) is 4.90 Å². The summed E-state index contributed by atoms with van der Waals surface area (Å²) in [4.78, 5) is 2.52. The van der Waals surface area contributed by atoms with Crippen molar-refractivity contribution in [1.82, 2.24) is 4.90 Å². The lowest BCUT2D eigenvalue weighted by molar-refractivity contribution is 0.136. The molecule has 1 atom stereocenters. The van der Waals surface area contributed by atoms with Crippen molar-refractivity contribution in [2.45, 2.75) is 45.2 Å². The predicted octanol–water partition coefficient (Wildman–Crippen LogP) is 3.17. The molecule has 4 nitrogen and oxygen atoms in total. The average molecular weight is 279 g/mol. The molecule has 112 valence electrons. The van der Waals surface area contributed by atoms with Crippen LogP contribution in [0.25, 0.3) is 0 Å². The Morgan fingerprint density at radius 3 is 2.40 bits per heavy atom. The van der Waals surface area contributed by atoms with Gasteiger partial charge in [0.1, 0.15) is 0 Å². The van der Waals surface area contributed by atoms with Gasteiger partial charge in [0.25, 0.3) is 0 Å². The number of hydrogen-bond acceptors (Lipinski definition) is 4. The van der Waals surface area contributed by atoms with Crippen molar-refractivity contribution in [3.05, 3.63) is 17.7 Å². The van der Waals surface area contributed by atoms with Gasteiger partial charge in [-0.2, -0.15) is 0 Å². The highest BCUT2D eigenvalue weighted by Crippen LogP contribution is 2.37. The largest absolute Gasteiger partial charge is 0.502 e. The molecule has 4 heteroatoms. The zero-order valence-electron chi connectivity index (χ0n) is 12.7. The first kappa shape index (κ1) is 15.0. The van der Waals surface area contributed by atoms with Gasteiger partial charge in [-0.15, -0.1) is 0 Å². The molecule has 1 fully saturated rings. The Labute approximate surface area is 121 Å². The lowest BCUT2D eigenvalue weighted by Gasteiger charge is -2.35. The molecular weight excluding hydrogens is 254 g/mol. The maximum Gasteiger partial charge on any atom is 0.200 e. The van der Waals surface area contributed by atoms with Gasteiger partial charge in [0.05, 0.1) is 14.2 Å². The molecule has 1 aromatic rings. The molecule has 1 aliphatic heterocycles. The van der Waals surface area contributed by atoms with Crippen LogP contribution in [-0.2, 0) is 6.54 Å². The second-order valence-corrected chi connectivity index (χ2v) is 5.38. The molecule has 1 aromatic carbocycles. The van der Waals surface area contributed by atoms with Crippen LogP contribution in [0.3, 0.4) is 0 Å². The molecule has 0 saturated carbocycles. The number of aromatic hydroxyl groups is 1. The van der Waals surface area contributed by atoms with Crippen molar-refractivity contribution in [3.63, 3.8) is 0 Å². The van der Waals surface area contributed by atoms with E-state index in [1.807, 2.05) is 12.1 Å². The van der Waals surface area contributed by atoms with Gasteiger partial charge in [-0.1, -0.05) is 13.3 Å². The van der Waals surface area contributed by atoms with Crippen LogP contribution >= 0.6 is 0 Å². The number of ether oxygens (including phenoxy) is 2. The smallest absolute Gasteiger partial charge is 0.200 e. The topological polar surface area (TPSA) is 41.9 Å². The summed E-state index contributed by atoms with van der Waals surface area (Å²) in [5, 5.41) is 9.95. The van der Waals surface area contributed by atoms with E-state index in [4.69, 9.17) is 9.47 Å². The maximum atomic E-state index is 9.95. The summed E-state index contributed by atoms with van der Waals surface area (Å²) in [7, 11) is 3.13. The monoisotopic (exact) mass is 279 g/mol. The molecular formula is C16H25NO3. The van der Waals surface area contributed by atoms with E-state index in [9.17, 15) is 5.11 Å². The normalized spacial score (nSPS) is 19.9. The van der Waals surface area contributed by atoms with Crippen molar-refractivity contribution in [3.8, 4) is 17.2 Å². The zero-order valence-corrected chi connectivity index (χ0v) is 12.7. The summed E-state index contributed by atoms with van der Waals surface area (Å²) in [6, 6.07) is 4.47. The second-order valence-electron chi connectivity index (χ2n) is 5.38. The number of methoxy groups -OCH3 is 2. The fraction of sp³-hybridized carbons (Fsp3) is 0.625. The first-order chi connectivity index (χ1) is 9.69. The lowest BCUT2D eigenvalue weighted by Crippen LogP contribution is -2.38. The predicted molar refractivity (Wildman–Crippen MR) is 79.6 cm³/mol. The van der Waals surface area contributed by atoms with E-state index in [0.29, 0.717) is 17.5 Å². The minimum absolute atomic E-state index is 0.0736. The molecule has 0 aromatic heterocycles. The zero-order chi connectivity index (χ0) is 14.5. The Balaban J connectivity index is 2.19. The third kappa shape index (κ3) is 3.18. The van der Waals surface area contributed by atoms with E-state index in [-0.39, 0.29) is 5.75 Å². The fourth-order valence-corrected chi connectivity index (χ4v) is 3.00. The van der Waals surface area contributed by atoms with E-state index in [1.54, 1.807) is 14.2 Å². The number of likely N-dealkylation sites (tertiary alicyclic amines) is 1. The van der Waals surface area contributed by atoms with Crippen molar-refractivity contribution in [1.29, 1.82) is 0 Å². The van der Waals surface area contributed by atoms with Gasteiger partial charge in [0, 0.05) is 12.6 Å². The van der Waals surface area contributed by atoms with Crippen molar-refractivity contribution >= 4 is 0 Å². The summed E-state index contributed by atoms with van der Waals surface area (Å²) in [5.74, 6) is 1.03. The van der Waals surface area contributed by atoms with Gasteiger partial charge in [0.15, 0.2) is 11.5 Å². The first-order valence-electron chi connectivity index (χ1n) is 7.37. The van der Waals surface area contributed by atoms with Crippen molar-refractivity contribution in [2.24, 2.45) is 0 Å². The highest BCUT2D eigenvalue weighted by Gasteiger charge is 2.21. The molecule has 1 N–H and O–H groups in total. The molecule has 2 rings (SSSR count). The van der Waals surface area contributed by atoms with Crippen LogP contribution in [0.5, 0.6) is 17.2 Å². The Hall–Kier alpha value is -1.42. The van der Waals surface area contributed by atoms with E-state index >= 15 is 0 Å². The number of hydrogen-bond donors (Lipinski definition) is 1. The molecule has 1 unspecified atom stereocenters. The summed E-state index contributed by atoms with van der Waals surface area (Å²) in [6.07, 6.45) is 5.06. The molecule has 0 aliphatic carbocycles. The van der Waals surface area contributed by atoms with Crippen molar-refractivity contribution in [2.75, 3.05) is 20.8 Å². The van der Waals surface area contributed by atoms with E-state index in [0.717, 1.165) is 18.7 Å². The molecule has 0 radical (unpaired) electrons. The average Bonchev–Trinajstić information content (AvgIpc) is 2.49. The van der Waals surface area contributed by atoms with Gasteiger partial charge in [-0.25, -0.2) is 0 Å². The summed E-state index contributed by atoms with van der Waals surface area (Å²) < 4.78 is 10.4. The van der Waals surface area contributed by atoms with Gasteiger partial charge in [0.2, 0.25) is 5.75 Å². The number of piperidine rings is 1. The van der Waals surface area contributed by atoms with Crippen LogP contribution in [0.15, 0.2) is 12.1 Å². The van der Waals surface area contributed by atoms with Crippen LogP contribution in [-0.4, -0.2) is 36.8 Å². The molecule has 1 saturated heterocycles. The Kier molecular flexibility index (Phi) is 5.12. The SMILES string of the molecule is CCC1CCCCN1Cc1cc(OC)c(O)c(OC)c1. The third-order valence-corrected chi connectivity index (χ3v) is 4.15. The van der Waals surface area contributed by atoms with Gasteiger partial charge >= 0.3 is 0 Å². The Bertz CT molecular complexity index is 422. The molecule has 0 bridgehead atoms. The Morgan fingerprint density at radius 2 is 1.85 bits per heavy atom. The summed E-state index contributed by atoms with van der Waals surface area (Å²) in [6.45, 7) is 4.27. The molecule has 0 amide bonds. The third-order valence-electron chi connectivity index (χ3n) is 4.15. The highest BCUT2D eigenvalue weighted by molar-refractivity contribution is 5.52. The van der Waals surface area contributed by atoms with Gasteiger partial charge in [-0.05, 0) is 43.5 Å². The van der Waals surface area contributed by atoms with Crippen LogP contribution in [0.1, 0.15) is 38.2 Å². The minimum atomic E-state index is 0.0736. The fourth-order valence-electron chi connectivity index (χ4n) is 3.00. The van der Waals surface area contributed by atoms with Crippen LogP contribution in [0.4, 0.5) is 0 Å². The molecule has 1 heterocycles. The number of phenolic OH excluding ortho intramolecular Hbond substituents is 1. The van der Waals surface area contributed by atoms with E-state index < -0.39 is 0 Å². The number of rotatable bonds is 5. The van der Waals surface area contributed by atoms with Gasteiger partial charge < -0.3 is 14.6 Å².